The predicted octanol–water partition coefficient (Wildman–Crippen LogP) is 8.17. The SMILES string of the molecule is CCOC(=O)C1=C(c2ccccc2)N=c2s/c(=C\c3cc(I)c(OCc4ccc(Cl)c(Cl)c4)c(I)c3)c(=O)n2[C@H]1c1ccc(F)cc1. The summed E-state index contributed by atoms with van der Waals surface area (Å²) >= 11 is 17.9. The summed E-state index contributed by atoms with van der Waals surface area (Å²) in [6.45, 7) is 2.15. The molecule has 0 saturated carbocycles. The monoisotopic (exact) mass is 910 g/mol. The maximum Gasteiger partial charge on any atom is 0.338 e. The van der Waals surface area contributed by atoms with Gasteiger partial charge in [-0.05, 0) is 111 Å². The molecule has 1 aliphatic rings. The molecular weight excluding hydrogens is 888 g/mol. The van der Waals surface area contributed by atoms with Crippen LogP contribution in [0.5, 0.6) is 5.75 Å². The summed E-state index contributed by atoms with van der Waals surface area (Å²) < 4.78 is 29.3. The first-order valence-corrected chi connectivity index (χ1v) is 18.0. The number of halogens is 5. The van der Waals surface area contributed by atoms with Gasteiger partial charge in [0.1, 0.15) is 18.2 Å². The lowest BCUT2D eigenvalue weighted by molar-refractivity contribution is -0.138. The first-order valence-electron chi connectivity index (χ1n) is 14.2. The number of benzene rings is 4. The second-order valence-electron chi connectivity index (χ2n) is 10.3. The molecule has 47 heavy (non-hydrogen) atoms. The Kier molecular flexibility index (Phi) is 10.5. The molecular formula is C35H23Cl2FI2N2O4S. The fourth-order valence-corrected chi connectivity index (χ4v) is 8.59. The second kappa shape index (κ2) is 14.6. The highest BCUT2D eigenvalue weighted by Crippen LogP contribution is 2.35. The maximum atomic E-state index is 14.2. The summed E-state index contributed by atoms with van der Waals surface area (Å²) in [5.41, 5.74) is 3.19. The Labute approximate surface area is 310 Å². The van der Waals surface area contributed by atoms with Crippen LogP contribution in [-0.2, 0) is 16.1 Å². The number of ether oxygens (including phenoxy) is 2. The molecule has 12 heteroatoms. The lowest BCUT2D eigenvalue weighted by Crippen LogP contribution is -2.40. The average molecular weight is 911 g/mol. The quantitative estimate of drug-likeness (QED) is 0.117. The Bertz CT molecular complexity index is 2200. The van der Waals surface area contributed by atoms with Crippen LogP contribution in [0.1, 0.15) is 35.2 Å². The first-order chi connectivity index (χ1) is 22.6. The molecule has 0 radical (unpaired) electrons. The molecule has 0 saturated heterocycles. The van der Waals surface area contributed by atoms with Crippen molar-refractivity contribution in [3.63, 3.8) is 0 Å². The van der Waals surface area contributed by atoms with E-state index in [4.69, 9.17) is 37.7 Å². The van der Waals surface area contributed by atoms with Crippen LogP contribution in [0.15, 0.2) is 100 Å². The smallest absolute Gasteiger partial charge is 0.338 e. The highest BCUT2D eigenvalue weighted by atomic mass is 127. The molecule has 0 bridgehead atoms. The fraction of sp³-hybridized carbons (Fsp3) is 0.114. The molecule has 6 rings (SSSR count). The van der Waals surface area contributed by atoms with Crippen LogP contribution in [0.2, 0.25) is 10.0 Å². The third-order valence-corrected chi connectivity index (χ3v) is 10.6. The van der Waals surface area contributed by atoms with Crippen molar-refractivity contribution < 1.29 is 18.7 Å². The summed E-state index contributed by atoms with van der Waals surface area (Å²) in [5.74, 6) is -0.322. The minimum atomic E-state index is -0.888. The number of carbonyl (C=O) groups excluding carboxylic acids is 1. The van der Waals surface area contributed by atoms with Crippen molar-refractivity contribution in [2.75, 3.05) is 6.61 Å². The standard InChI is InChI=1S/C35H23Cl2FI2N2O4S/c1-2-45-34(44)29-30(21-6-4-3-5-7-21)41-35-42(31(29)22-9-11-23(38)12-10-22)33(43)28(47-35)17-20-15-26(39)32(27(40)16-20)46-18-19-8-13-24(36)25(37)14-19/h3-17,31H,2,18H2,1H3/b28-17-/t31-/m0/s1. The van der Waals surface area contributed by atoms with E-state index in [0.717, 1.165) is 18.3 Å². The summed E-state index contributed by atoms with van der Waals surface area (Å²) in [5, 5.41) is 0.938. The number of fused-ring (bicyclic) bond motifs is 1. The first kappa shape index (κ1) is 33.8. The Morgan fingerprint density at radius 3 is 2.36 bits per heavy atom. The molecule has 6 nitrogen and oxygen atoms in total. The maximum absolute atomic E-state index is 14.2. The van der Waals surface area contributed by atoms with Crippen molar-refractivity contribution in [2.24, 2.45) is 4.99 Å². The van der Waals surface area contributed by atoms with Gasteiger partial charge >= 0.3 is 5.97 Å². The molecule has 1 aromatic heterocycles. The highest BCUT2D eigenvalue weighted by molar-refractivity contribution is 14.1. The Hall–Kier alpha value is -3.04. The largest absolute Gasteiger partial charge is 0.487 e. The van der Waals surface area contributed by atoms with Gasteiger partial charge in [0.25, 0.3) is 5.56 Å². The van der Waals surface area contributed by atoms with E-state index in [9.17, 15) is 14.0 Å². The summed E-state index contributed by atoms with van der Waals surface area (Å²) in [4.78, 5) is 33.0. The number of nitrogens with zero attached hydrogens (tertiary/aromatic N) is 2. The van der Waals surface area contributed by atoms with Crippen LogP contribution in [-0.4, -0.2) is 17.1 Å². The third kappa shape index (κ3) is 7.21. The number of hydrogen-bond acceptors (Lipinski definition) is 6. The van der Waals surface area contributed by atoms with E-state index >= 15 is 0 Å². The molecule has 0 unspecified atom stereocenters. The Morgan fingerprint density at radius 1 is 1.00 bits per heavy atom. The van der Waals surface area contributed by atoms with Crippen molar-refractivity contribution in [2.45, 2.75) is 19.6 Å². The zero-order valence-corrected chi connectivity index (χ0v) is 31.1. The van der Waals surface area contributed by atoms with Crippen molar-refractivity contribution in [3.05, 3.63) is 155 Å². The van der Waals surface area contributed by atoms with Gasteiger partial charge in [0.2, 0.25) is 0 Å². The molecule has 4 aromatic carbocycles. The number of carbonyl (C=O) groups is 1. The van der Waals surface area contributed by atoms with E-state index in [1.165, 1.54) is 28.0 Å². The van der Waals surface area contributed by atoms with Gasteiger partial charge in [-0.1, -0.05) is 83.1 Å². The van der Waals surface area contributed by atoms with Gasteiger partial charge in [0.05, 0.1) is 45.6 Å². The lowest BCUT2D eigenvalue weighted by atomic mass is 9.93. The van der Waals surface area contributed by atoms with Gasteiger partial charge in [-0.3, -0.25) is 9.36 Å². The molecule has 1 aliphatic heterocycles. The van der Waals surface area contributed by atoms with E-state index in [1.807, 2.05) is 48.5 Å². The van der Waals surface area contributed by atoms with E-state index in [2.05, 4.69) is 45.2 Å². The van der Waals surface area contributed by atoms with Crippen molar-refractivity contribution in [3.8, 4) is 5.75 Å². The number of esters is 1. The van der Waals surface area contributed by atoms with E-state index in [-0.39, 0.29) is 17.7 Å². The second-order valence-corrected chi connectivity index (χ2v) is 14.5. The van der Waals surface area contributed by atoms with Crippen LogP contribution in [0, 0.1) is 13.0 Å². The van der Waals surface area contributed by atoms with Gasteiger partial charge < -0.3 is 9.47 Å². The number of thiazole rings is 1. The topological polar surface area (TPSA) is 69.9 Å². The van der Waals surface area contributed by atoms with Crippen molar-refractivity contribution in [1.29, 1.82) is 0 Å². The Balaban J connectivity index is 1.46. The minimum Gasteiger partial charge on any atom is -0.487 e. The van der Waals surface area contributed by atoms with Crippen LogP contribution in [0.25, 0.3) is 11.8 Å². The predicted molar refractivity (Wildman–Crippen MR) is 200 cm³/mol. The van der Waals surface area contributed by atoms with Crippen molar-refractivity contribution >= 4 is 97.5 Å². The van der Waals surface area contributed by atoms with Gasteiger partial charge in [0, 0.05) is 5.56 Å². The zero-order chi connectivity index (χ0) is 33.2. The normalized spacial score (nSPS) is 14.5. The van der Waals surface area contributed by atoms with Gasteiger partial charge in [-0.25, -0.2) is 14.2 Å². The summed E-state index contributed by atoms with van der Waals surface area (Å²) in [6.07, 6.45) is 1.80. The van der Waals surface area contributed by atoms with Crippen LogP contribution < -0.4 is 19.6 Å². The molecule has 0 spiro atoms. The molecule has 1 atom stereocenters. The van der Waals surface area contributed by atoms with E-state index in [1.54, 1.807) is 37.3 Å². The van der Waals surface area contributed by atoms with E-state index in [0.29, 0.717) is 48.6 Å². The number of hydrogen-bond donors (Lipinski definition) is 0. The molecule has 238 valence electrons. The van der Waals surface area contributed by atoms with Gasteiger partial charge in [-0.15, -0.1) is 0 Å². The van der Waals surface area contributed by atoms with Crippen LogP contribution in [0.4, 0.5) is 4.39 Å². The van der Waals surface area contributed by atoms with Crippen molar-refractivity contribution in [1.82, 2.24) is 4.57 Å². The van der Waals surface area contributed by atoms with Gasteiger partial charge in [0.15, 0.2) is 4.80 Å². The summed E-state index contributed by atoms with van der Waals surface area (Å²) in [7, 11) is 0. The van der Waals surface area contributed by atoms with E-state index < -0.39 is 17.8 Å². The molecule has 5 aromatic rings. The van der Waals surface area contributed by atoms with Gasteiger partial charge in [-0.2, -0.15) is 0 Å². The van der Waals surface area contributed by atoms with Crippen LogP contribution >= 0.6 is 79.7 Å². The lowest BCUT2D eigenvalue weighted by Gasteiger charge is -2.25. The molecule has 2 heterocycles. The average Bonchev–Trinajstić information content (AvgIpc) is 3.36. The Morgan fingerprint density at radius 2 is 1.70 bits per heavy atom. The molecule has 0 fully saturated rings. The fourth-order valence-electron chi connectivity index (χ4n) is 5.14. The molecule has 0 amide bonds. The third-order valence-electron chi connectivity index (χ3n) is 7.24. The zero-order valence-electron chi connectivity index (χ0n) is 24.5. The molecule has 0 aliphatic carbocycles. The van der Waals surface area contributed by atoms with Crippen LogP contribution in [0.3, 0.4) is 0 Å². The summed E-state index contributed by atoms with van der Waals surface area (Å²) in [6, 6.07) is 23.4. The number of rotatable bonds is 8. The minimum absolute atomic E-state index is 0.134. The number of aromatic nitrogens is 1. The molecule has 0 N–H and O–H groups in total. The highest BCUT2D eigenvalue weighted by Gasteiger charge is 2.35.